The van der Waals surface area contributed by atoms with E-state index in [1.54, 1.807) is 12.2 Å². The zero-order valence-electron chi connectivity index (χ0n) is 14.6. The van der Waals surface area contributed by atoms with Gasteiger partial charge in [-0.2, -0.15) is 0 Å². The molecule has 5 rings (SSSR count). The number of nitrogens with zero attached hydrogens (tertiary/aromatic N) is 2. The van der Waals surface area contributed by atoms with Gasteiger partial charge in [-0.1, -0.05) is 0 Å². The Labute approximate surface area is 159 Å². The number of hydrogen-bond acceptors (Lipinski definition) is 4. The maximum absolute atomic E-state index is 11.8. The number of aldehydes is 2. The summed E-state index contributed by atoms with van der Waals surface area (Å²) in [6, 6.07) is 11.3. The number of aromatic amines is 2. The summed E-state index contributed by atoms with van der Waals surface area (Å²) in [5.74, 6) is 0. The molecule has 0 radical (unpaired) electrons. The van der Waals surface area contributed by atoms with Gasteiger partial charge >= 0.3 is 0 Å². The number of aromatic nitrogens is 4. The van der Waals surface area contributed by atoms with Crippen LogP contribution in [0.4, 0.5) is 0 Å². The van der Waals surface area contributed by atoms with Crippen molar-refractivity contribution in [1.29, 1.82) is 0 Å². The molecular weight excluding hydrogens is 352 g/mol. The standard InChI is InChI=1S/C22H14N4O2/c27-11-17-19-5-3-15(24-19)9-13-1-2-14(23-13)10-16-4-6-20(25-16)18(12-28)22-8-7-21(17)26-22/h1-12,24-25H. The van der Waals surface area contributed by atoms with Crippen molar-refractivity contribution >= 4 is 58.9 Å². The molecule has 0 aromatic carbocycles. The molecule has 6 nitrogen and oxygen atoms in total. The summed E-state index contributed by atoms with van der Waals surface area (Å²) in [5, 5.41) is 0. The fourth-order valence-electron chi connectivity index (χ4n) is 3.37. The number of H-pyrrole nitrogens is 2. The third-order valence-corrected chi connectivity index (χ3v) is 4.71. The van der Waals surface area contributed by atoms with Crippen LogP contribution < -0.4 is 0 Å². The van der Waals surface area contributed by atoms with Crippen molar-refractivity contribution < 1.29 is 9.59 Å². The average Bonchev–Trinajstić information content (AvgIpc) is 3.46. The van der Waals surface area contributed by atoms with Crippen LogP contribution >= 0.6 is 0 Å². The summed E-state index contributed by atoms with van der Waals surface area (Å²) in [7, 11) is 0. The van der Waals surface area contributed by atoms with E-state index in [-0.39, 0.29) is 0 Å². The first-order chi connectivity index (χ1) is 13.7. The zero-order chi connectivity index (χ0) is 19.1. The number of fused-ring (bicyclic) bond motifs is 8. The van der Waals surface area contributed by atoms with E-state index in [0.717, 1.165) is 35.0 Å². The molecule has 2 aliphatic rings. The topological polar surface area (TPSA) is 91.5 Å². The molecule has 0 saturated carbocycles. The summed E-state index contributed by atoms with van der Waals surface area (Å²) in [6.07, 6.45) is 8.87. The highest BCUT2D eigenvalue weighted by Crippen LogP contribution is 2.22. The molecule has 5 heterocycles. The van der Waals surface area contributed by atoms with Gasteiger partial charge < -0.3 is 9.97 Å². The molecule has 8 bridgehead atoms. The van der Waals surface area contributed by atoms with Crippen LogP contribution in [0.5, 0.6) is 0 Å². The van der Waals surface area contributed by atoms with Crippen molar-refractivity contribution in [3.8, 4) is 0 Å². The fourth-order valence-corrected chi connectivity index (χ4v) is 3.37. The molecule has 0 fully saturated rings. The van der Waals surface area contributed by atoms with Crippen molar-refractivity contribution in [2.75, 3.05) is 0 Å². The second kappa shape index (κ2) is 6.28. The number of carbonyl (C=O) groups is 2. The van der Waals surface area contributed by atoms with E-state index in [0.29, 0.717) is 33.5 Å². The lowest BCUT2D eigenvalue weighted by atomic mass is 10.2. The number of carbonyl (C=O) groups excluding carboxylic acids is 2. The molecule has 0 saturated heterocycles. The van der Waals surface area contributed by atoms with Crippen molar-refractivity contribution in [3.63, 3.8) is 0 Å². The molecular formula is C22H14N4O2. The average molecular weight is 366 g/mol. The van der Waals surface area contributed by atoms with Gasteiger partial charge in [0.25, 0.3) is 0 Å². The van der Waals surface area contributed by atoms with Gasteiger partial charge in [0, 0.05) is 11.0 Å². The van der Waals surface area contributed by atoms with Crippen LogP contribution in [0.3, 0.4) is 0 Å². The molecule has 6 heteroatoms. The summed E-state index contributed by atoms with van der Waals surface area (Å²) in [6.45, 7) is 0. The molecule has 0 unspecified atom stereocenters. The summed E-state index contributed by atoms with van der Waals surface area (Å²) < 4.78 is 0. The van der Waals surface area contributed by atoms with Crippen molar-refractivity contribution in [2.45, 2.75) is 0 Å². The van der Waals surface area contributed by atoms with Gasteiger partial charge in [-0.3, -0.25) is 9.59 Å². The van der Waals surface area contributed by atoms with Crippen molar-refractivity contribution in [1.82, 2.24) is 19.9 Å². The minimum absolute atomic E-state index is 0.430. The van der Waals surface area contributed by atoms with Crippen LogP contribution in [0.25, 0.3) is 46.4 Å². The lowest BCUT2D eigenvalue weighted by molar-refractivity contribution is 0.111. The third-order valence-electron chi connectivity index (χ3n) is 4.71. The Hall–Kier alpha value is -4.06. The summed E-state index contributed by atoms with van der Waals surface area (Å²) >= 11 is 0. The lowest BCUT2D eigenvalue weighted by Crippen LogP contribution is -1.90. The monoisotopic (exact) mass is 366 g/mol. The van der Waals surface area contributed by atoms with Crippen LogP contribution in [-0.4, -0.2) is 32.5 Å². The van der Waals surface area contributed by atoms with Crippen LogP contribution in [0, 0.1) is 0 Å². The molecule has 3 aromatic rings. The van der Waals surface area contributed by atoms with Crippen LogP contribution in [0.15, 0.2) is 36.4 Å². The van der Waals surface area contributed by atoms with Gasteiger partial charge in [-0.15, -0.1) is 0 Å². The van der Waals surface area contributed by atoms with Gasteiger partial charge in [-0.25, -0.2) is 9.97 Å². The second-order valence-corrected chi connectivity index (χ2v) is 6.52. The Morgan fingerprint density at radius 3 is 1.61 bits per heavy atom. The number of nitrogens with one attached hydrogen (secondary N) is 2. The normalized spacial score (nSPS) is 12.3. The van der Waals surface area contributed by atoms with E-state index in [4.69, 9.17) is 0 Å². The maximum Gasteiger partial charge on any atom is 0.154 e. The molecule has 0 atom stereocenters. The van der Waals surface area contributed by atoms with Crippen molar-refractivity contribution in [3.05, 3.63) is 70.3 Å². The largest absolute Gasteiger partial charge is 0.355 e. The van der Waals surface area contributed by atoms with Gasteiger partial charge in [0.1, 0.15) is 0 Å². The van der Waals surface area contributed by atoms with Crippen LogP contribution in [-0.2, 0) is 0 Å². The highest BCUT2D eigenvalue weighted by molar-refractivity contribution is 5.97. The minimum Gasteiger partial charge on any atom is -0.355 e. The first kappa shape index (κ1) is 16.1. The van der Waals surface area contributed by atoms with E-state index in [1.807, 2.05) is 48.6 Å². The van der Waals surface area contributed by atoms with Crippen LogP contribution in [0.1, 0.15) is 43.5 Å². The zero-order valence-corrected chi connectivity index (χ0v) is 14.6. The number of rotatable bonds is 2. The first-order valence-corrected chi connectivity index (χ1v) is 8.74. The molecule has 28 heavy (non-hydrogen) atoms. The van der Waals surface area contributed by atoms with Gasteiger partial charge in [0.15, 0.2) is 12.6 Å². The van der Waals surface area contributed by atoms with Crippen molar-refractivity contribution in [2.24, 2.45) is 0 Å². The van der Waals surface area contributed by atoms with E-state index in [9.17, 15) is 9.59 Å². The van der Waals surface area contributed by atoms with Gasteiger partial charge in [0.2, 0.25) is 0 Å². The summed E-state index contributed by atoms with van der Waals surface area (Å²) in [5.41, 5.74) is 6.48. The Morgan fingerprint density at radius 1 is 0.643 bits per heavy atom. The lowest BCUT2D eigenvalue weighted by Gasteiger charge is -1.94. The Kier molecular flexibility index (Phi) is 3.62. The van der Waals surface area contributed by atoms with Gasteiger partial charge in [0.05, 0.1) is 44.9 Å². The van der Waals surface area contributed by atoms with E-state index in [1.165, 1.54) is 0 Å². The smallest absolute Gasteiger partial charge is 0.154 e. The van der Waals surface area contributed by atoms with Crippen LogP contribution in [0.2, 0.25) is 0 Å². The van der Waals surface area contributed by atoms with Gasteiger partial charge in [-0.05, 0) is 60.7 Å². The Bertz CT molecular complexity index is 1260. The Balaban J connectivity index is 1.95. The molecule has 0 aliphatic carbocycles. The molecule has 134 valence electrons. The molecule has 0 spiro atoms. The molecule has 0 amide bonds. The minimum atomic E-state index is 0.430. The summed E-state index contributed by atoms with van der Waals surface area (Å²) in [4.78, 5) is 39.1. The fraction of sp³-hybridized carbons (Fsp3) is 0. The SMILES string of the molecule is O=Cc1c2nc(c(C=O)c3ccc(cc4nc(cc5ccc1[nH]5)C=C4)[nH]3)C=C2. The highest BCUT2D eigenvalue weighted by atomic mass is 16.1. The highest BCUT2D eigenvalue weighted by Gasteiger charge is 2.11. The van der Waals surface area contributed by atoms with E-state index >= 15 is 0 Å². The number of hydrogen-bond donors (Lipinski definition) is 2. The maximum atomic E-state index is 11.8. The first-order valence-electron chi connectivity index (χ1n) is 8.74. The molecule has 2 aliphatic heterocycles. The quantitative estimate of drug-likeness (QED) is 0.456. The van der Waals surface area contributed by atoms with E-state index < -0.39 is 0 Å². The molecule has 3 aromatic heterocycles. The Morgan fingerprint density at radius 2 is 1.14 bits per heavy atom. The molecule has 2 N–H and O–H groups in total. The third kappa shape index (κ3) is 2.68. The second-order valence-electron chi connectivity index (χ2n) is 6.52. The van der Waals surface area contributed by atoms with E-state index in [2.05, 4.69) is 19.9 Å². The predicted octanol–water partition coefficient (Wildman–Crippen LogP) is 4.28. The predicted molar refractivity (Wildman–Crippen MR) is 110 cm³/mol.